The number of likely N-dealkylation sites (tertiary alicyclic amines) is 1. The molecule has 1 aliphatic heterocycles. The zero-order valence-corrected chi connectivity index (χ0v) is 11.2. The maximum absolute atomic E-state index is 12.1. The number of esters is 1. The van der Waals surface area contributed by atoms with Gasteiger partial charge in [-0.25, -0.2) is 0 Å². The van der Waals surface area contributed by atoms with E-state index in [1.807, 2.05) is 12.1 Å². The Labute approximate surface area is 116 Å². The molecule has 20 heavy (non-hydrogen) atoms. The van der Waals surface area contributed by atoms with Crippen molar-refractivity contribution in [3.8, 4) is 0 Å². The Kier molecular flexibility index (Phi) is 4.45. The molecule has 0 aromatic carbocycles. The van der Waals surface area contributed by atoms with Crippen LogP contribution in [0.25, 0.3) is 0 Å². The van der Waals surface area contributed by atoms with Gasteiger partial charge >= 0.3 is 5.97 Å². The van der Waals surface area contributed by atoms with Gasteiger partial charge in [0.15, 0.2) is 0 Å². The Bertz CT molecular complexity index is 515. The predicted molar refractivity (Wildman–Crippen MR) is 69.4 cm³/mol. The molecule has 0 aliphatic carbocycles. The molecule has 1 fully saturated rings. The van der Waals surface area contributed by atoms with Crippen LogP contribution in [0.4, 0.5) is 0 Å². The molecule has 2 heterocycles. The van der Waals surface area contributed by atoms with Crippen molar-refractivity contribution in [3.05, 3.63) is 30.1 Å². The number of nitrogens with zero attached hydrogens (tertiary/aromatic N) is 2. The number of rotatable bonds is 5. The number of pyridine rings is 1. The largest absolute Gasteiger partial charge is 0.465 e. The highest BCUT2D eigenvalue weighted by Gasteiger charge is 2.39. The normalized spacial score (nSPS) is 18.4. The second-order valence-electron chi connectivity index (χ2n) is 4.55. The highest BCUT2D eigenvalue weighted by molar-refractivity contribution is 6.05. The first-order chi connectivity index (χ1) is 9.61. The molecule has 0 N–H and O–H groups in total. The number of carbonyl (C=O) groups is 3. The number of carbonyl (C=O) groups excluding carboxylic acids is 3. The van der Waals surface area contributed by atoms with Gasteiger partial charge in [-0.2, -0.15) is 0 Å². The third kappa shape index (κ3) is 3.20. The highest BCUT2D eigenvalue weighted by Crippen LogP contribution is 2.22. The van der Waals surface area contributed by atoms with Crippen LogP contribution in [-0.2, 0) is 25.5 Å². The van der Waals surface area contributed by atoms with Crippen molar-refractivity contribution >= 4 is 17.8 Å². The third-order valence-corrected chi connectivity index (χ3v) is 3.11. The Hall–Kier alpha value is -2.24. The minimum Gasteiger partial charge on any atom is -0.465 e. The zero-order valence-electron chi connectivity index (χ0n) is 11.2. The van der Waals surface area contributed by atoms with Gasteiger partial charge in [-0.05, 0) is 19.1 Å². The zero-order chi connectivity index (χ0) is 14.5. The fourth-order valence-corrected chi connectivity index (χ4v) is 2.18. The van der Waals surface area contributed by atoms with Crippen molar-refractivity contribution in [1.29, 1.82) is 0 Å². The molecule has 1 aliphatic rings. The van der Waals surface area contributed by atoms with Crippen molar-refractivity contribution in [2.45, 2.75) is 19.8 Å². The van der Waals surface area contributed by atoms with Crippen LogP contribution in [-0.4, -0.2) is 40.8 Å². The topological polar surface area (TPSA) is 76.6 Å². The number of imide groups is 1. The number of aromatic nitrogens is 1. The highest BCUT2D eigenvalue weighted by atomic mass is 16.5. The number of hydrogen-bond acceptors (Lipinski definition) is 5. The van der Waals surface area contributed by atoms with E-state index in [0.717, 1.165) is 10.6 Å². The molecular formula is C14H16N2O4. The van der Waals surface area contributed by atoms with E-state index < -0.39 is 11.9 Å². The van der Waals surface area contributed by atoms with E-state index in [4.69, 9.17) is 4.74 Å². The smallest absolute Gasteiger partial charge is 0.326 e. The van der Waals surface area contributed by atoms with Crippen molar-refractivity contribution in [2.24, 2.45) is 5.92 Å². The Morgan fingerprint density at radius 1 is 1.45 bits per heavy atom. The van der Waals surface area contributed by atoms with Crippen LogP contribution >= 0.6 is 0 Å². The minimum absolute atomic E-state index is 0.120. The lowest BCUT2D eigenvalue weighted by Gasteiger charge is -2.13. The van der Waals surface area contributed by atoms with Gasteiger partial charge in [-0.3, -0.25) is 24.3 Å². The number of amides is 2. The lowest BCUT2D eigenvalue weighted by Crippen LogP contribution is -2.36. The van der Waals surface area contributed by atoms with E-state index in [-0.39, 0.29) is 31.4 Å². The molecule has 0 spiro atoms. The molecule has 1 aromatic rings. The van der Waals surface area contributed by atoms with E-state index in [2.05, 4.69) is 4.98 Å². The number of hydrogen-bond donors (Lipinski definition) is 0. The predicted octanol–water partition coefficient (Wildman–Crippen LogP) is 0.562. The van der Waals surface area contributed by atoms with Crippen molar-refractivity contribution < 1.29 is 19.1 Å². The van der Waals surface area contributed by atoms with Gasteiger partial charge in [0.05, 0.1) is 12.5 Å². The number of ether oxygens (including phenoxy) is 1. The van der Waals surface area contributed by atoms with Crippen LogP contribution in [0.5, 0.6) is 0 Å². The monoisotopic (exact) mass is 276 g/mol. The molecule has 6 heteroatoms. The lowest BCUT2D eigenvalue weighted by molar-refractivity contribution is -0.152. The first kappa shape index (κ1) is 14.2. The van der Waals surface area contributed by atoms with Crippen LogP contribution < -0.4 is 0 Å². The van der Waals surface area contributed by atoms with Gasteiger partial charge in [-0.1, -0.05) is 6.07 Å². The maximum atomic E-state index is 12.1. The fourth-order valence-electron chi connectivity index (χ4n) is 2.18. The van der Waals surface area contributed by atoms with Crippen LogP contribution in [0.15, 0.2) is 24.4 Å². The van der Waals surface area contributed by atoms with Gasteiger partial charge in [0.2, 0.25) is 11.8 Å². The molecule has 2 amide bonds. The van der Waals surface area contributed by atoms with Gasteiger partial charge in [0.25, 0.3) is 0 Å². The van der Waals surface area contributed by atoms with E-state index in [0.29, 0.717) is 6.42 Å². The molecule has 1 unspecified atom stereocenters. The minimum atomic E-state index is -0.562. The molecule has 106 valence electrons. The molecule has 0 saturated carbocycles. The lowest BCUT2D eigenvalue weighted by atomic mass is 10.0. The average Bonchev–Trinajstić information content (AvgIpc) is 2.68. The van der Waals surface area contributed by atoms with Gasteiger partial charge in [-0.15, -0.1) is 0 Å². The second kappa shape index (κ2) is 6.27. The van der Waals surface area contributed by atoms with Crippen LogP contribution in [0.3, 0.4) is 0 Å². The molecule has 1 aromatic heterocycles. The summed E-state index contributed by atoms with van der Waals surface area (Å²) in [6.07, 6.45) is 2.17. The van der Waals surface area contributed by atoms with Crippen LogP contribution in [0.2, 0.25) is 0 Å². The molecule has 1 atom stereocenters. The van der Waals surface area contributed by atoms with Crippen LogP contribution in [0, 0.1) is 5.92 Å². The summed E-state index contributed by atoms with van der Waals surface area (Å²) in [5.41, 5.74) is 0.761. The Balaban J connectivity index is 2.00. The average molecular weight is 276 g/mol. The molecular weight excluding hydrogens is 260 g/mol. The van der Waals surface area contributed by atoms with E-state index >= 15 is 0 Å². The SMILES string of the molecule is CCOC(=O)CN1C(=O)CC(Cc2ccccn2)C1=O. The Morgan fingerprint density at radius 3 is 2.90 bits per heavy atom. The molecule has 0 bridgehead atoms. The first-order valence-corrected chi connectivity index (χ1v) is 6.51. The van der Waals surface area contributed by atoms with Crippen molar-refractivity contribution in [1.82, 2.24) is 9.88 Å². The summed E-state index contributed by atoms with van der Waals surface area (Å²) in [6.45, 7) is 1.60. The fraction of sp³-hybridized carbons (Fsp3) is 0.429. The summed E-state index contributed by atoms with van der Waals surface area (Å²) in [4.78, 5) is 40.4. The van der Waals surface area contributed by atoms with Gasteiger partial charge < -0.3 is 4.74 Å². The molecule has 1 saturated heterocycles. The van der Waals surface area contributed by atoms with Crippen molar-refractivity contribution in [3.63, 3.8) is 0 Å². The van der Waals surface area contributed by atoms with Crippen molar-refractivity contribution in [2.75, 3.05) is 13.2 Å². The van der Waals surface area contributed by atoms with E-state index in [1.54, 1.807) is 19.2 Å². The maximum Gasteiger partial charge on any atom is 0.326 e. The summed E-state index contributed by atoms with van der Waals surface area (Å²) in [5.74, 6) is -1.66. The first-order valence-electron chi connectivity index (χ1n) is 6.51. The van der Waals surface area contributed by atoms with E-state index in [9.17, 15) is 14.4 Å². The summed E-state index contributed by atoms with van der Waals surface area (Å²) in [5, 5.41) is 0. The standard InChI is InChI=1S/C14H16N2O4/c1-2-20-13(18)9-16-12(17)8-10(14(16)19)7-11-5-3-4-6-15-11/h3-6,10H,2,7-9H2,1H3. The quantitative estimate of drug-likeness (QED) is 0.580. The van der Waals surface area contributed by atoms with Crippen LogP contribution in [0.1, 0.15) is 19.0 Å². The molecule has 6 nitrogen and oxygen atoms in total. The second-order valence-corrected chi connectivity index (χ2v) is 4.55. The summed E-state index contributed by atoms with van der Waals surface area (Å²) < 4.78 is 4.76. The Morgan fingerprint density at radius 2 is 2.25 bits per heavy atom. The summed E-state index contributed by atoms with van der Waals surface area (Å²) in [6, 6.07) is 5.43. The van der Waals surface area contributed by atoms with Gasteiger partial charge in [0, 0.05) is 24.7 Å². The summed E-state index contributed by atoms with van der Waals surface area (Å²) >= 11 is 0. The molecule has 0 radical (unpaired) electrons. The van der Waals surface area contributed by atoms with E-state index in [1.165, 1.54) is 0 Å². The third-order valence-electron chi connectivity index (χ3n) is 3.11. The van der Waals surface area contributed by atoms with Gasteiger partial charge in [0.1, 0.15) is 6.54 Å². The molecule has 2 rings (SSSR count). The summed E-state index contributed by atoms with van der Waals surface area (Å²) in [7, 11) is 0.